The van der Waals surface area contributed by atoms with Crippen molar-refractivity contribution >= 4 is 27.5 Å². The standard InChI is InChI=1S/C13H18N2O3S2/c1-20(17,18)11-4-2-9(3-5-11)19-10-6-7-13(15,8-10)12(14)16/h2-5,10H,6-8,15H2,1H3,(H2,14,16). The van der Waals surface area contributed by atoms with Crippen molar-refractivity contribution in [2.45, 2.75) is 39.8 Å². The maximum absolute atomic E-state index is 11.4. The zero-order valence-electron chi connectivity index (χ0n) is 11.2. The fraction of sp³-hybridized carbons (Fsp3) is 0.462. The number of carbonyl (C=O) groups excluding carboxylic acids is 1. The van der Waals surface area contributed by atoms with E-state index in [0.717, 1.165) is 11.3 Å². The van der Waals surface area contributed by atoms with E-state index in [0.29, 0.717) is 17.7 Å². The Balaban J connectivity index is 2.04. The molecule has 0 aliphatic heterocycles. The molecule has 2 rings (SSSR count). The van der Waals surface area contributed by atoms with Gasteiger partial charge in [-0.15, -0.1) is 11.8 Å². The molecule has 110 valence electrons. The third kappa shape index (κ3) is 3.34. The highest BCUT2D eigenvalue weighted by Gasteiger charge is 2.40. The van der Waals surface area contributed by atoms with Gasteiger partial charge in [0.05, 0.1) is 10.4 Å². The average Bonchev–Trinajstić information content (AvgIpc) is 2.72. The quantitative estimate of drug-likeness (QED) is 0.860. The van der Waals surface area contributed by atoms with E-state index in [1.807, 2.05) is 0 Å². The SMILES string of the molecule is CS(=O)(=O)c1ccc(SC2CCC(N)(C(N)=O)C2)cc1. The first-order chi connectivity index (χ1) is 9.21. The molecule has 0 aromatic heterocycles. The summed E-state index contributed by atoms with van der Waals surface area (Å²) in [6, 6.07) is 6.75. The first-order valence-electron chi connectivity index (χ1n) is 6.26. The Labute approximate surface area is 123 Å². The van der Waals surface area contributed by atoms with Crippen molar-refractivity contribution in [2.24, 2.45) is 11.5 Å². The van der Waals surface area contributed by atoms with Gasteiger partial charge in [-0.25, -0.2) is 8.42 Å². The molecule has 2 atom stereocenters. The molecule has 1 aliphatic carbocycles. The Morgan fingerprint density at radius 2 is 1.95 bits per heavy atom. The minimum atomic E-state index is -3.17. The van der Waals surface area contributed by atoms with Gasteiger partial charge in [-0.05, 0) is 43.5 Å². The van der Waals surface area contributed by atoms with E-state index in [1.54, 1.807) is 36.0 Å². The van der Waals surface area contributed by atoms with E-state index < -0.39 is 21.3 Å². The summed E-state index contributed by atoms with van der Waals surface area (Å²) in [5.74, 6) is -0.451. The minimum absolute atomic E-state index is 0.233. The van der Waals surface area contributed by atoms with Crippen LogP contribution in [-0.2, 0) is 14.6 Å². The molecule has 2 unspecified atom stereocenters. The molecule has 1 aromatic rings. The van der Waals surface area contributed by atoms with E-state index in [9.17, 15) is 13.2 Å². The van der Waals surface area contributed by atoms with E-state index >= 15 is 0 Å². The van der Waals surface area contributed by atoms with E-state index in [1.165, 1.54) is 6.26 Å². The number of hydrogen-bond acceptors (Lipinski definition) is 5. The molecular formula is C13H18N2O3S2. The van der Waals surface area contributed by atoms with Gasteiger partial charge in [0.25, 0.3) is 0 Å². The number of benzene rings is 1. The fourth-order valence-electron chi connectivity index (χ4n) is 2.31. The normalized spacial score (nSPS) is 26.6. The molecule has 20 heavy (non-hydrogen) atoms. The molecular weight excluding hydrogens is 296 g/mol. The van der Waals surface area contributed by atoms with E-state index in [2.05, 4.69) is 0 Å². The van der Waals surface area contributed by atoms with Crippen LogP contribution in [0.4, 0.5) is 0 Å². The van der Waals surface area contributed by atoms with Gasteiger partial charge in [0.15, 0.2) is 9.84 Å². The molecule has 1 aliphatic rings. The summed E-state index contributed by atoms with van der Waals surface area (Å²) >= 11 is 1.61. The molecule has 7 heteroatoms. The third-order valence-corrected chi connectivity index (χ3v) is 5.96. The first-order valence-corrected chi connectivity index (χ1v) is 9.03. The molecule has 0 heterocycles. The molecule has 0 radical (unpaired) electrons. The molecule has 1 saturated carbocycles. The van der Waals surface area contributed by atoms with E-state index in [4.69, 9.17) is 11.5 Å². The molecule has 0 bridgehead atoms. The maximum Gasteiger partial charge on any atom is 0.237 e. The highest BCUT2D eigenvalue weighted by molar-refractivity contribution is 8.00. The number of carbonyl (C=O) groups is 1. The Morgan fingerprint density at radius 3 is 2.40 bits per heavy atom. The van der Waals surface area contributed by atoms with Gasteiger partial charge >= 0.3 is 0 Å². The maximum atomic E-state index is 11.4. The number of primary amides is 1. The summed E-state index contributed by atoms with van der Waals surface area (Å²) in [5, 5.41) is 0.233. The van der Waals surface area contributed by atoms with Crippen LogP contribution >= 0.6 is 11.8 Å². The summed E-state index contributed by atoms with van der Waals surface area (Å²) in [7, 11) is -3.17. The fourth-order valence-corrected chi connectivity index (χ4v) is 4.24. The topological polar surface area (TPSA) is 103 Å². The summed E-state index contributed by atoms with van der Waals surface area (Å²) < 4.78 is 22.7. The summed E-state index contributed by atoms with van der Waals surface area (Å²) in [6.45, 7) is 0. The lowest BCUT2D eigenvalue weighted by molar-refractivity contribution is -0.122. The predicted octanol–water partition coefficient (Wildman–Crippen LogP) is 0.918. The van der Waals surface area contributed by atoms with Crippen LogP contribution in [-0.4, -0.2) is 31.4 Å². The van der Waals surface area contributed by atoms with Gasteiger partial charge < -0.3 is 11.5 Å². The second-order valence-electron chi connectivity index (χ2n) is 5.25. The first kappa shape index (κ1) is 15.3. The van der Waals surface area contributed by atoms with E-state index in [-0.39, 0.29) is 5.25 Å². The van der Waals surface area contributed by atoms with Gasteiger partial charge in [0, 0.05) is 16.4 Å². The van der Waals surface area contributed by atoms with Crippen molar-refractivity contribution in [1.82, 2.24) is 0 Å². The summed E-state index contributed by atoms with van der Waals surface area (Å²) in [5.41, 5.74) is 10.4. The number of sulfone groups is 1. The van der Waals surface area contributed by atoms with Gasteiger partial charge in [-0.3, -0.25) is 4.79 Å². The van der Waals surface area contributed by atoms with Gasteiger partial charge in [0.2, 0.25) is 5.91 Å². The zero-order valence-corrected chi connectivity index (χ0v) is 12.8. The Bertz CT molecular complexity index is 613. The highest BCUT2D eigenvalue weighted by atomic mass is 32.2. The second kappa shape index (κ2) is 5.38. The molecule has 5 nitrogen and oxygen atoms in total. The second-order valence-corrected chi connectivity index (χ2v) is 8.64. The number of thioether (sulfide) groups is 1. The molecule has 4 N–H and O–H groups in total. The van der Waals surface area contributed by atoms with Crippen molar-refractivity contribution in [3.63, 3.8) is 0 Å². The van der Waals surface area contributed by atoms with Crippen molar-refractivity contribution in [3.05, 3.63) is 24.3 Å². The van der Waals surface area contributed by atoms with Crippen LogP contribution in [0.1, 0.15) is 19.3 Å². The predicted molar refractivity (Wildman–Crippen MR) is 79.2 cm³/mol. The van der Waals surface area contributed by atoms with Crippen LogP contribution in [0, 0.1) is 0 Å². The van der Waals surface area contributed by atoms with Crippen LogP contribution in [0.3, 0.4) is 0 Å². The largest absolute Gasteiger partial charge is 0.368 e. The molecule has 0 saturated heterocycles. The highest BCUT2D eigenvalue weighted by Crippen LogP contribution is 2.39. The molecule has 0 spiro atoms. The van der Waals surface area contributed by atoms with Crippen molar-refractivity contribution < 1.29 is 13.2 Å². The Kier molecular flexibility index (Phi) is 4.13. The molecule has 1 amide bonds. The molecule has 1 fully saturated rings. The van der Waals surface area contributed by atoms with Gasteiger partial charge in [-0.2, -0.15) is 0 Å². The summed E-state index contributed by atoms with van der Waals surface area (Å²) in [6.07, 6.45) is 3.17. The lowest BCUT2D eigenvalue weighted by Gasteiger charge is -2.19. The van der Waals surface area contributed by atoms with Crippen LogP contribution < -0.4 is 11.5 Å². The smallest absolute Gasteiger partial charge is 0.237 e. The molecule has 1 aromatic carbocycles. The number of nitrogens with two attached hydrogens (primary N) is 2. The minimum Gasteiger partial charge on any atom is -0.368 e. The summed E-state index contributed by atoms with van der Waals surface area (Å²) in [4.78, 5) is 12.6. The Hall–Kier alpha value is -1.05. The van der Waals surface area contributed by atoms with Crippen molar-refractivity contribution in [3.8, 4) is 0 Å². The Morgan fingerprint density at radius 1 is 1.35 bits per heavy atom. The van der Waals surface area contributed by atoms with Crippen LogP contribution in [0.15, 0.2) is 34.1 Å². The van der Waals surface area contributed by atoms with Crippen molar-refractivity contribution in [1.29, 1.82) is 0 Å². The van der Waals surface area contributed by atoms with Crippen LogP contribution in [0.2, 0.25) is 0 Å². The number of rotatable bonds is 4. The van der Waals surface area contributed by atoms with Crippen LogP contribution in [0.25, 0.3) is 0 Å². The zero-order chi connectivity index (χ0) is 15.0. The average molecular weight is 314 g/mol. The van der Waals surface area contributed by atoms with Gasteiger partial charge in [-0.1, -0.05) is 0 Å². The van der Waals surface area contributed by atoms with Gasteiger partial charge in [0.1, 0.15) is 0 Å². The monoisotopic (exact) mass is 314 g/mol. The number of hydrogen-bond donors (Lipinski definition) is 2. The van der Waals surface area contributed by atoms with Crippen LogP contribution in [0.5, 0.6) is 0 Å². The number of amides is 1. The lowest BCUT2D eigenvalue weighted by Crippen LogP contribution is -2.50. The van der Waals surface area contributed by atoms with Crippen molar-refractivity contribution in [2.75, 3.05) is 6.26 Å². The third-order valence-electron chi connectivity index (χ3n) is 3.55. The lowest BCUT2D eigenvalue weighted by atomic mass is 9.99.